The molecule has 0 saturated carbocycles. The highest BCUT2D eigenvalue weighted by Crippen LogP contribution is 2.40. The van der Waals surface area contributed by atoms with E-state index in [-0.39, 0.29) is 0 Å². The Balaban J connectivity index is 3.12. The number of hydrogen-bond donors (Lipinski definition) is 2. The van der Waals surface area contributed by atoms with Gasteiger partial charge < -0.3 is 10.4 Å². The third-order valence-corrected chi connectivity index (χ3v) is 2.33. The van der Waals surface area contributed by atoms with Crippen molar-refractivity contribution in [1.29, 1.82) is 0 Å². The predicted molar refractivity (Wildman–Crippen MR) is 57.6 cm³/mol. The molecule has 0 radical (unpaired) electrons. The van der Waals surface area contributed by atoms with Crippen molar-refractivity contribution in [2.75, 3.05) is 5.32 Å². The fourth-order valence-electron chi connectivity index (χ4n) is 1.47. The molecule has 10 heteroatoms. The summed E-state index contributed by atoms with van der Waals surface area (Å²) in [6, 6.07) is 4.15. The Hall–Kier alpha value is -2.26. The zero-order valence-corrected chi connectivity index (χ0v) is 9.92. The molecule has 2 N–H and O–H groups in total. The van der Waals surface area contributed by atoms with Crippen molar-refractivity contribution >= 4 is 17.6 Å². The van der Waals surface area contributed by atoms with Gasteiger partial charge in [0.05, 0.1) is 11.3 Å². The number of anilines is 1. The molecule has 0 aliphatic rings. The number of aromatic carboxylic acids is 1. The van der Waals surface area contributed by atoms with Crippen LogP contribution in [-0.4, -0.2) is 29.3 Å². The van der Waals surface area contributed by atoms with E-state index in [0.717, 1.165) is 18.2 Å². The fourth-order valence-corrected chi connectivity index (χ4v) is 1.47. The zero-order valence-electron chi connectivity index (χ0n) is 9.92. The standard InChI is InChI=1S/C11H7F6NO3/c12-10(13,14)7(11(15,16)17)8(19)18-6-4-2-1-3-5(6)9(20)21/h1-4,7H,(H,18,19)(H,20,21). The summed E-state index contributed by atoms with van der Waals surface area (Å²) in [5.41, 5.74) is -1.29. The molecule has 1 rings (SSSR count). The van der Waals surface area contributed by atoms with E-state index >= 15 is 0 Å². The largest absolute Gasteiger partial charge is 0.478 e. The van der Waals surface area contributed by atoms with Gasteiger partial charge in [0.2, 0.25) is 11.8 Å². The van der Waals surface area contributed by atoms with Crippen LogP contribution in [0.2, 0.25) is 0 Å². The van der Waals surface area contributed by atoms with Crippen molar-refractivity contribution < 1.29 is 41.0 Å². The van der Waals surface area contributed by atoms with Gasteiger partial charge in [-0.25, -0.2) is 4.79 Å². The number of carboxylic acid groups (broad SMARTS) is 1. The highest BCUT2D eigenvalue weighted by Gasteiger charge is 2.61. The molecule has 4 nitrogen and oxygen atoms in total. The molecule has 1 aromatic rings. The summed E-state index contributed by atoms with van der Waals surface area (Å²) in [7, 11) is 0. The SMILES string of the molecule is O=C(O)c1ccccc1NC(=O)C(C(F)(F)F)C(F)(F)F. The summed E-state index contributed by atoms with van der Waals surface area (Å²) in [5, 5.41) is 10.1. The Labute approximate surface area is 113 Å². The molecule has 1 aromatic carbocycles. The molecule has 0 aliphatic carbocycles. The Morgan fingerprint density at radius 1 is 1.00 bits per heavy atom. The van der Waals surface area contributed by atoms with Crippen LogP contribution < -0.4 is 5.32 Å². The van der Waals surface area contributed by atoms with Crippen molar-refractivity contribution in [1.82, 2.24) is 0 Å². The molecule has 0 heterocycles. The number of amides is 1. The lowest BCUT2D eigenvalue weighted by molar-refractivity contribution is -0.272. The average molecular weight is 315 g/mol. The lowest BCUT2D eigenvalue weighted by atomic mass is 10.1. The van der Waals surface area contributed by atoms with Crippen LogP contribution in [0.25, 0.3) is 0 Å². The van der Waals surface area contributed by atoms with Crippen LogP contribution in [0.3, 0.4) is 0 Å². The summed E-state index contributed by atoms with van der Waals surface area (Å²) in [4.78, 5) is 22.0. The minimum atomic E-state index is -5.85. The van der Waals surface area contributed by atoms with Gasteiger partial charge in [0.25, 0.3) is 0 Å². The molecule has 0 atom stereocenters. The molecule has 0 spiro atoms. The first kappa shape index (κ1) is 16.8. The van der Waals surface area contributed by atoms with Crippen molar-refractivity contribution in [3.8, 4) is 0 Å². The quantitative estimate of drug-likeness (QED) is 0.843. The number of halogens is 6. The molecular formula is C11H7F6NO3. The first-order valence-corrected chi connectivity index (χ1v) is 5.21. The second kappa shape index (κ2) is 5.62. The molecule has 0 aliphatic heterocycles. The topological polar surface area (TPSA) is 66.4 Å². The number of carbonyl (C=O) groups excluding carboxylic acids is 1. The van der Waals surface area contributed by atoms with Crippen LogP contribution in [0.15, 0.2) is 24.3 Å². The molecule has 0 aromatic heterocycles. The highest BCUT2D eigenvalue weighted by molar-refractivity contribution is 6.01. The van der Waals surface area contributed by atoms with Crippen molar-refractivity contribution in [2.24, 2.45) is 5.92 Å². The predicted octanol–water partition coefficient (Wildman–Crippen LogP) is 3.06. The molecule has 21 heavy (non-hydrogen) atoms. The van der Waals surface area contributed by atoms with Crippen LogP contribution in [0.4, 0.5) is 32.0 Å². The number of para-hydroxylation sites is 1. The smallest absolute Gasteiger partial charge is 0.409 e. The molecule has 0 bridgehead atoms. The second-order valence-electron chi connectivity index (χ2n) is 3.86. The summed E-state index contributed by atoms with van der Waals surface area (Å²) in [6.07, 6.45) is -11.7. The molecule has 0 saturated heterocycles. The number of rotatable bonds is 3. The molecule has 116 valence electrons. The van der Waals surface area contributed by atoms with Crippen molar-refractivity contribution in [3.05, 3.63) is 29.8 Å². The summed E-state index contributed by atoms with van der Waals surface area (Å²) in [5.74, 6) is -8.25. The van der Waals surface area contributed by atoms with E-state index in [4.69, 9.17) is 5.11 Å². The Morgan fingerprint density at radius 3 is 1.90 bits per heavy atom. The lowest BCUT2D eigenvalue weighted by Gasteiger charge is -2.22. The number of carbonyl (C=O) groups is 2. The average Bonchev–Trinajstić information content (AvgIpc) is 2.24. The number of hydrogen-bond acceptors (Lipinski definition) is 2. The van der Waals surface area contributed by atoms with Crippen molar-refractivity contribution in [3.63, 3.8) is 0 Å². The molecular weight excluding hydrogens is 308 g/mol. The van der Waals surface area contributed by atoms with Crippen LogP contribution in [0, 0.1) is 5.92 Å². The van der Waals surface area contributed by atoms with Crippen LogP contribution in [0.1, 0.15) is 10.4 Å². The van der Waals surface area contributed by atoms with Gasteiger partial charge in [-0.15, -0.1) is 0 Å². The number of nitrogens with one attached hydrogen (secondary N) is 1. The van der Waals surface area contributed by atoms with E-state index in [1.54, 1.807) is 0 Å². The molecule has 0 fully saturated rings. The van der Waals surface area contributed by atoms with Gasteiger partial charge in [-0.2, -0.15) is 26.3 Å². The van der Waals surface area contributed by atoms with Gasteiger partial charge in [-0.05, 0) is 12.1 Å². The van der Waals surface area contributed by atoms with E-state index in [2.05, 4.69) is 0 Å². The van der Waals surface area contributed by atoms with Gasteiger partial charge in [0.1, 0.15) is 0 Å². The summed E-state index contributed by atoms with van der Waals surface area (Å²) < 4.78 is 74.0. The normalized spacial score (nSPS) is 12.3. The van der Waals surface area contributed by atoms with E-state index in [9.17, 15) is 35.9 Å². The second-order valence-corrected chi connectivity index (χ2v) is 3.86. The number of carboxylic acids is 1. The minimum Gasteiger partial charge on any atom is -0.478 e. The van der Waals surface area contributed by atoms with Crippen LogP contribution >= 0.6 is 0 Å². The third-order valence-electron chi connectivity index (χ3n) is 2.33. The third kappa shape index (κ3) is 4.10. The Morgan fingerprint density at radius 2 is 1.48 bits per heavy atom. The Kier molecular flexibility index (Phi) is 4.49. The maximum absolute atomic E-state index is 12.3. The minimum absolute atomic E-state index is 0.631. The number of alkyl halides is 6. The van der Waals surface area contributed by atoms with E-state index < -0.39 is 41.4 Å². The first-order valence-electron chi connectivity index (χ1n) is 5.21. The van der Waals surface area contributed by atoms with Gasteiger partial charge in [-0.3, -0.25) is 4.79 Å². The lowest BCUT2D eigenvalue weighted by Crippen LogP contribution is -2.45. The van der Waals surface area contributed by atoms with E-state index in [0.29, 0.717) is 0 Å². The van der Waals surface area contributed by atoms with Gasteiger partial charge >= 0.3 is 18.3 Å². The molecule has 1 amide bonds. The maximum Gasteiger partial charge on any atom is 0.409 e. The maximum atomic E-state index is 12.3. The first-order chi connectivity index (χ1) is 9.44. The fraction of sp³-hybridized carbons (Fsp3) is 0.273. The number of benzene rings is 1. The van der Waals surface area contributed by atoms with Gasteiger partial charge in [0, 0.05) is 0 Å². The van der Waals surface area contributed by atoms with Gasteiger partial charge in [0.15, 0.2) is 0 Å². The van der Waals surface area contributed by atoms with E-state index in [1.807, 2.05) is 0 Å². The summed E-state index contributed by atoms with van der Waals surface area (Å²) in [6.45, 7) is 0. The van der Waals surface area contributed by atoms with E-state index in [1.165, 1.54) is 11.4 Å². The monoisotopic (exact) mass is 315 g/mol. The Bertz CT molecular complexity index is 538. The van der Waals surface area contributed by atoms with Crippen LogP contribution in [-0.2, 0) is 4.79 Å². The highest BCUT2D eigenvalue weighted by atomic mass is 19.4. The van der Waals surface area contributed by atoms with Crippen LogP contribution in [0.5, 0.6) is 0 Å². The van der Waals surface area contributed by atoms with Crippen molar-refractivity contribution in [2.45, 2.75) is 12.4 Å². The summed E-state index contributed by atoms with van der Waals surface area (Å²) >= 11 is 0. The van der Waals surface area contributed by atoms with Gasteiger partial charge in [-0.1, -0.05) is 12.1 Å². The molecule has 0 unspecified atom stereocenters. The zero-order chi connectivity index (χ0) is 16.4.